The van der Waals surface area contributed by atoms with Crippen LogP contribution in [0.25, 0.3) is 0 Å². The minimum absolute atomic E-state index is 0.0776. The van der Waals surface area contributed by atoms with Gasteiger partial charge in [0.05, 0.1) is 5.69 Å². The molecule has 0 aliphatic heterocycles. The molecule has 1 heterocycles. The predicted molar refractivity (Wildman–Crippen MR) is 78.0 cm³/mol. The van der Waals surface area contributed by atoms with Gasteiger partial charge >= 0.3 is 4.87 Å². The lowest BCUT2D eigenvalue weighted by molar-refractivity contribution is -0.116. The quantitative estimate of drug-likeness (QED) is 0.943. The van der Waals surface area contributed by atoms with Crippen molar-refractivity contribution in [2.45, 2.75) is 19.9 Å². The summed E-state index contributed by atoms with van der Waals surface area (Å²) < 4.78 is 15.0. The molecule has 1 N–H and O–H groups in total. The van der Waals surface area contributed by atoms with Crippen molar-refractivity contribution in [1.29, 1.82) is 0 Å². The van der Waals surface area contributed by atoms with Crippen molar-refractivity contribution in [3.63, 3.8) is 0 Å². The summed E-state index contributed by atoms with van der Waals surface area (Å²) in [5, 5.41) is 4.45. The number of aromatic nitrogens is 1. The summed E-state index contributed by atoms with van der Waals surface area (Å²) in [4.78, 5) is 23.1. The van der Waals surface area contributed by atoms with Crippen LogP contribution < -0.4 is 10.2 Å². The van der Waals surface area contributed by atoms with E-state index in [9.17, 15) is 14.0 Å². The van der Waals surface area contributed by atoms with Crippen molar-refractivity contribution in [3.05, 3.63) is 49.8 Å². The summed E-state index contributed by atoms with van der Waals surface area (Å²) in [7, 11) is 0. The van der Waals surface area contributed by atoms with Gasteiger partial charge in [-0.15, -0.1) is 0 Å². The first-order chi connectivity index (χ1) is 9.47. The third-order valence-corrected chi connectivity index (χ3v) is 3.86. The zero-order valence-corrected chi connectivity index (χ0v) is 12.2. The van der Waals surface area contributed by atoms with Crippen molar-refractivity contribution < 1.29 is 9.18 Å². The minimum atomic E-state index is -0.588. The summed E-state index contributed by atoms with van der Waals surface area (Å²) in [6, 6.07) is 4.02. The highest BCUT2D eigenvalue weighted by Gasteiger charge is 2.09. The van der Waals surface area contributed by atoms with Gasteiger partial charge in [-0.05, 0) is 25.1 Å². The molecule has 2 aromatic rings. The molecule has 0 unspecified atom stereocenters. The fourth-order valence-electron chi connectivity index (χ4n) is 1.69. The van der Waals surface area contributed by atoms with Crippen LogP contribution >= 0.6 is 22.9 Å². The van der Waals surface area contributed by atoms with Crippen LogP contribution in [0, 0.1) is 12.7 Å². The van der Waals surface area contributed by atoms with Crippen molar-refractivity contribution in [2.75, 3.05) is 5.32 Å². The van der Waals surface area contributed by atoms with E-state index in [0.717, 1.165) is 23.1 Å². The van der Waals surface area contributed by atoms with E-state index in [2.05, 4.69) is 5.32 Å². The average molecular weight is 315 g/mol. The van der Waals surface area contributed by atoms with Gasteiger partial charge in [0.25, 0.3) is 0 Å². The summed E-state index contributed by atoms with van der Waals surface area (Å²) >= 11 is 6.72. The first-order valence-corrected chi connectivity index (χ1v) is 7.13. The molecule has 20 heavy (non-hydrogen) atoms. The highest BCUT2D eigenvalue weighted by molar-refractivity contribution is 7.07. The molecule has 0 aliphatic rings. The number of anilines is 1. The van der Waals surface area contributed by atoms with Crippen molar-refractivity contribution >= 4 is 34.5 Å². The third kappa shape index (κ3) is 3.46. The molecule has 0 bridgehead atoms. The number of thiazole rings is 1. The number of rotatable bonds is 4. The van der Waals surface area contributed by atoms with Crippen LogP contribution in [0.3, 0.4) is 0 Å². The van der Waals surface area contributed by atoms with Crippen molar-refractivity contribution in [2.24, 2.45) is 0 Å². The second kappa shape index (κ2) is 6.19. The summed E-state index contributed by atoms with van der Waals surface area (Å²) in [6.45, 7) is 2.07. The number of nitrogens with zero attached hydrogens (tertiary/aromatic N) is 1. The van der Waals surface area contributed by atoms with E-state index in [1.807, 2.05) is 0 Å². The lowest BCUT2D eigenvalue weighted by Gasteiger charge is -2.07. The first kappa shape index (κ1) is 14.7. The zero-order chi connectivity index (χ0) is 14.7. The van der Waals surface area contributed by atoms with Crippen molar-refractivity contribution in [1.82, 2.24) is 4.57 Å². The molecule has 0 saturated heterocycles. The molecule has 4 nitrogen and oxygen atoms in total. The van der Waals surface area contributed by atoms with Crippen LogP contribution in [0.2, 0.25) is 5.02 Å². The fourth-order valence-corrected chi connectivity index (χ4v) is 2.61. The van der Waals surface area contributed by atoms with Gasteiger partial charge in [0, 0.05) is 29.1 Å². The maximum Gasteiger partial charge on any atom is 0.307 e. The predicted octanol–water partition coefficient (Wildman–Crippen LogP) is 3.04. The van der Waals surface area contributed by atoms with Gasteiger partial charge in [-0.25, -0.2) is 4.39 Å². The Balaban J connectivity index is 1.98. The molecule has 106 valence electrons. The Morgan fingerprint density at radius 3 is 2.85 bits per heavy atom. The Hall–Kier alpha value is -1.66. The maximum absolute atomic E-state index is 13.5. The molecular weight excluding hydrogens is 303 g/mol. The van der Waals surface area contributed by atoms with Gasteiger partial charge in [0.1, 0.15) is 5.82 Å². The van der Waals surface area contributed by atoms with E-state index < -0.39 is 5.82 Å². The molecule has 0 saturated carbocycles. The third-order valence-electron chi connectivity index (χ3n) is 2.74. The second-order valence-electron chi connectivity index (χ2n) is 4.22. The van der Waals surface area contributed by atoms with Gasteiger partial charge in [-0.3, -0.25) is 9.59 Å². The van der Waals surface area contributed by atoms with Crippen LogP contribution in [0.4, 0.5) is 10.1 Å². The Morgan fingerprint density at radius 2 is 2.25 bits per heavy atom. The van der Waals surface area contributed by atoms with Gasteiger partial charge in [0.2, 0.25) is 5.91 Å². The molecule has 1 amide bonds. The molecule has 1 aromatic carbocycles. The topological polar surface area (TPSA) is 51.1 Å². The number of nitrogens with one attached hydrogen (secondary N) is 1. The molecule has 2 rings (SSSR count). The molecular formula is C13H12ClFN2O2S. The van der Waals surface area contributed by atoms with Crippen LogP contribution in [0.1, 0.15) is 12.1 Å². The van der Waals surface area contributed by atoms with Gasteiger partial charge < -0.3 is 9.88 Å². The Morgan fingerprint density at radius 1 is 1.50 bits per heavy atom. The lowest BCUT2D eigenvalue weighted by atomic mass is 10.3. The Bertz CT molecular complexity index is 696. The number of hydrogen-bond donors (Lipinski definition) is 1. The number of halogens is 2. The summed E-state index contributed by atoms with van der Waals surface area (Å²) in [6.07, 6.45) is 0.0968. The van der Waals surface area contributed by atoms with E-state index in [0.29, 0.717) is 0 Å². The normalized spacial score (nSPS) is 10.6. The van der Waals surface area contributed by atoms with Crippen LogP contribution in [0.5, 0.6) is 0 Å². The van der Waals surface area contributed by atoms with Crippen LogP contribution in [-0.4, -0.2) is 10.5 Å². The van der Waals surface area contributed by atoms with Gasteiger partial charge in [0.15, 0.2) is 0 Å². The highest BCUT2D eigenvalue weighted by atomic mass is 35.5. The standard InChI is InChI=1S/C13H12ClFN2O2S/c1-8-7-20-13(19)17(8)5-4-12(18)16-11-3-2-9(14)6-10(11)15/h2-3,6-7H,4-5H2,1H3,(H,16,18). The van der Waals surface area contributed by atoms with E-state index in [-0.39, 0.29) is 34.5 Å². The van der Waals surface area contributed by atoms with Crippen molar-refractivity contribution in [3.8, 4) is 0 Å². The zero-order valence-electron chi connectivity index (χ0n) is 10.7. The van der Waals surface area contributed by atoms with E-state index in [4.69, 9.17) is 11.6 Å². The van der Waals surface area contributed by atoms with E-state index >= 15 is 0 Å². The largest absolute Gasteiger partial charge is 0.324 e. The maximum atomic E-state index is 13.5. The van der Waals surface area contributed by atoms with E-state index in [1.165, 1.54) is 16.7 Å². The van der Waals surface area contributed by atoms with Crippen LogP contribution in [-0.2, 0) is 11.3 Å². The molecule has 0 aliphatic carbocycles. The lowest BCUT2D eigenvalue weighted by Crippen LogP contribution is -2.20. The van der Waals surface area contributed by atoms with Gasteiger partial charge in [-0.2, -0.15) is 0 Å². The number of aryl methyl sites for hydroxylation is 1. The number of amides is 1. The van der Waals surface area contributed by atoms with Gasteiger partial charge in [-0.1, -0.05) is 22.9 Å². The Kier molecular flexibility index (Phi) is 4.57. The molecule has 1 aromatic heterocycles. The van der Waals surface area contributed by atoms with E-state index in [1.54, 1.807) is 12.3 Å². The number of benzene rings is 1. The number of carbonyl (C=O) groups is 1. The first-order valence-electron chi connectivity index (χ1n) is 5.87. The molecule has 0 fully saturated rings. The van der Waals surface area contributed by atoms with Crippen LogP contribution in [0.15, 0.2) is 28.4 Å². The second-order valence-corrected chi connectivity index (χ2v) is 5.47. The average Bonchev–Trinajstić information content (AvgIpc) is 2.70. The minimum Gasteiger partial charge on any atom is -0.324 e. The highest BCUT2D eigenvalue weighted by Crippen LogP contribution is 2.19. The molecule has 0 spiro atoms. The Labute approximate surface area is 123 Å². The number of hydrogen-bond acceptors (Lipinski definition) is 3. The molecule has 0 radical (unpaired) electrons. The SMILES string of the molecule is Cc1csc(=O)n1CCC(=O)Nc1ccc(Cl)cc1F. The fraction of sp³-hybridized carbons (Fsp3) is 0.231. The smallest absolute Gasteiger partial charge is 0.307 e. The summed E-state index contributed by atoms with van der Waals surface area (Å²) in [5.41, 5.74) is 0.888. The molecule has 7 heteroatoms. The number of carbonyl (C=O) groups excluding carboxylic acids is 1. The summed E-state index contributed by atoms with van der Waals surface area (Å²) in [5.74, 6) is -0.946. The molecule has 0 atom stereocenters. The monoisotopic (exact) mass is 314 g/mol.